The lowest BCUT2D eigenvalue weighted by Gasteiger charge is -2.26. The van der Waals surface area contributed by atoms with Crippen molar-refractivity contribution in [3.8, 4) is 0 Å². The first-order chi connectivity index (χ1) is 15.3. The number of rotatable bonds is 6. The van der Waals surface area contributed by atoms with Gasteiger partial charge in [0, 0.05) is 31.3 Å². The number of H-pyrrole nitrogens is 2. The monoisotopic (exact) mass is 410 g/mol. The van der Waals surface area contributed by atoms with Crippen LogP contribution in [0.5, 0.6) is 0 Å². The number of nitrogens with one attached hydrogen (secondary N) is 2. The molecule has 2 aromatic carbocycles. The van der Waals surface area contributed by atoms with Crippen LogP contribution in [0.15, 0.2) is 60.8 Å². The molecule has 1 saturated heterocycles. The van der Waals surface area contributed by atoms with Gasteiger partial charge in [0.25, 0.3) is 0 Å². The molecule has 2 aromatic heterocycles. The summed E-state index contributed by atoms with van der Waals surface area (Å²) in [7, 11) is 0. The molecule has 1 aliphatic heterocycles. The minimum absolute atomic E-state index is 0.837. The van der Waals surface area contributed by atoms with E-state index in [1.54, 1.807) is 0 Å². The highest BCUT2D eigenvalue weighted by molar-refractivity contribution is 5.83. The average Bonchev–Trinajstić information content (AvgIpc) is 3.47. The van der Waals surface area contributed by atoms with E-state index in [2.05, 4.69) is 86.8 Å². The van der Waals surface area contributed by atoms with Gasteiger partial charge in [-0.25, -0.2) is 0 Å². The van der Waals surface area contributed by atoms with E-state index in [9.17, 15) is 0 Å². The third-order valence-corrected chi connectivity index (χ3v) is 5.59. The minimum Gasteiger partial charge on any atom is -0.379 e. The number of hydrogen-bond donors (Lipinski definition) is 2. The number of benzene rings is 2. The molecule has 0 saturated carbocycles. The topological polar surface area (TPSA) is 56.9 Å². The molecular weight excluding hydrogens is 384 g/mol. The fraction of sp³-hybridized carbons (Fsp3) is 0.192. The second-order valence-electron chi connectivity index (χ2n) is 7.87. The van der Waals surface area contributed by atoms with Gasteiger partial charge in [-0.15, -0.1) is 0 Å². The molecule has 0 radical (unpaired) electrons. The molecule has 0 unspecified atom stereocenters. The third kappa shape index (κ3) is 5.02. The molecule has 31 heavy (non-hydrogen) atoms. The van der Waals surface area contributed by atoms with E-state index < -0.39 is 0 Å². The van der Waals surface area contributed by atoms with Crippen LogP contribution in [0, 0.1) is 0 Å². The highest BCUT2D eigenvalue weighted by atomic mass is 16.5. The largest absolute Gasteiger partial charge is 0.379 e. The van der Waals surface area contributed by atoms with E-state index in [4.69, 9.17) is 4.74 Å². The van der Waals surface area contributed by atoms with Crippen LogP contribution in [0.4, 0.5) is 0 Å². The van der Waals surface area contributed by atoms with E-state index in [1.807, 2.05) is 18.3 Å². The van der Waals surface area contributed by atoms with E-state index >= 15 is 0 Å². The SMILES string of the molecule is C(=Cc1cc(/C=C/c2ccc3cc[nH]c3c2)n[nH]1)c1ccc(CN2CCOCC2)cc1. The summed E-state index contributed by atoms with van der Waals surface area (Å²) in [6, 6.07) is 19.2. The fourth-order valence-electron chi connectivity index (χ4n) is 3.81. The van der Waals surface area contributed by atoms with Gasteiger partial charge in [0.05, 0.1) is 24.6 Å². The zero-order chi connectivity index (χ0) is 20.9. The lowest BCUT2D eigenvalue weighted by Crippen LogP contribution is -2.35. The zero-order valence-corrected chi connectivity index (χ0v) is 17.4. The summed E-state index contributed by atoms with van der Waals surface area (Å²) < 4.78 is 5.42. The van der Waals surface area contributed by atoms with Crippen molar-refractivity contribution in [1.82, 2.24) is 20.1 Å². The van der Waals surface area contributed by atoms with E-state index in [0.29, 0.717) is 0 Å². The molecule has 0 aliphatic carbocycles. The van der Waals surface area contributed by atoms with Crippen LogP contribution in [-0.4, -0.2) is 46.4 Å². The van der Waals surface area contributed by atoms with Crippen LogP contribution in [0.3, 0.4) is 0 Å². The maximum atomic E-state index is 5.42. The normalized spacial score (nSPS) is 15.5. The standard InChI is InChI=1S/C26H26N4O/c1-3-22(19-30-13-15-31-16-14-30)4-2-20(1)6-9-24-18-25(29-28-24)10-7-21-5-8-23-11-12-27-26(23)17-21/h1-12,17-18,27H,13-16,19H2,(H,28,29)/b9-6?,10-7+. The van der Waals surface area contributed by atoms with E-state index in [0.717, 1.165) is 55.3 Å². The summed E-state index contributed by atoms with van der Waals surface area (Å²) >= 11 is 0. The van der Waals surface area contributed by atoms with Crippen molar-refractivity contribution < 1.29 is 4.74 Å². The van der Waals surface area contributed by atoms with E-state index in [1.165, 1.54) is 16.5 Å². The first-order valence-corrected chi connectivity index (χ1v) is 10.7. The molecule has 5 heteroatoms. The molecule has 156 valence electrons. The Kier molecular flexibility index (Phi) is 5.78. The summed E-state index contributed by atoms with van der Waals surface area (Å²) in [4.78, 5) is 5.68. The maximum absolute atomic E-state index is 5.42. The van der Waals surface area contributed by atoms with Gasteiger partial charge < -0.3 is 9.72 Å². The Labute approximate surface area is 182 Å². The summed E-state index contributed by atoms with van der Waals surface area (Å²) in [5, 5.41) is 8.70. The number of hydrogen-bond acceptors (Lipinski definition) is 3. The van der Waals surface area contributed by atoms with Crippen LogP contribution in [0.2, 0.25) is 0 Å². The van der Waals surface area contributed by atoms with Crippen LogP contribution in [-0.2, 0) is 11.3 Å². The molecule has 0 spiro atoms. The second-order valence-corrected chi connectivity index (χ2v) is 7.87. The number of aromatic amines is 2. The number of morpholine rings is 1. The quantitative estimate of drug-likeness (QED) is 0.467. The number of aromatic nitrogens is 3. The Morgan fingerprint density at radius 3 is 2.55 bits per heavy atom. The Morgan fingerprint density at radius 1 is 0.871 bits per heavy atom. The van der Waals surface area contributed by atoms with Crippen LogP contribution >= 0.6 is 0 Å². The van der Waals surface area contributed by atoms with Crippen molar-refractivity contribution in [3.63, 3.8) is 0 Å². The molecule has 5 nitrogen and oxygen atoms in total. The molecule has 3 heterocycles. The van der Waals surface area contributed by atoms with E-state index in [-0.39, 0.29) is 0 Å². The summed E-state index contributed by atoms with van der Waals surface area (Å²) in [5.41, 5.74) is 6.70. The van der Waals surface area contributed by atoms with Crippen molar-refractivity contribution in [2.75, 3.05) is 26.3 Å². The molecule has 0 amide bonds. The molecule has 0 atom stereocenters. The van der Waals surface area contributed by atoms with Crippen molar-refractivity contribution in [2.24, 2.45) is 0 Å². The predicted molar refractivity (Wildman–Crippen MR) is 127 cm³/mol. The van der Waals surface area contributed by atoms with Gasteiger partial charge in [0.15, 0.2) is 0 Å². The number of nitrogens with zero attached hydrogens (tertiary/aromatic N) is 2. The summed E-state index contributed by atoms with van der Waals surface area (Å²) in [5.74, 6) is 0. The highest BCUT2D eigenvalue weighted by Crippen LogP contribution is 2.17. The maximum Gasteiger partial charge on any atom is 0.0854 e. The lowest BCUT2D eigenvalue weighted by molar-refractivity contribution is 0.0342. The van der Waals surface area contributed by atoms with Gasteiger partial charge >= 0.3 is 0 Å². The molecular formula is C26H26N4O. The summed E-state index contributed by atoms with van der Waals surface area (Å²) in [6.07, 6.45) is 10.2. The Balaban J connectivity index is 1.19. The second kappa shape index (κ2) is 9.16. The molecule has 0 bridgehead atoms. The Morgan fingerprint density at radius 2 is 1.68 bits per heavy atom. The molecule has 4 aromatic rings. The predicted octanol–water partition coefficient (Wildman–Crippen LogP) is 5.06. The van der Waals surface area contributed by atoms with Gasteiger partial charge in [-0.2, -0.15) is 5.10 Å². The van der Waals surface area contributed by atoms with Gasteiger partial charge in [-0.1, -0.05) is 48.6 Å². The molecule has 1 fully saturated rings. The smallest absolute Gasteiger partial charge is 0.0854 e. The zero-order valence-electron chi connectivity index (χ0n) is 17.4. The fourth-order valence-corrected chi connectivity index (χ4v) is 3.81. The van der Waals surface area contributed by atoms with Crippen LogP contribution in [0.25, 0.3) is 35.2 Å². The van der Waals surface area contributed by atoms with Crippen molar-refractivity contribution >= 4 is 35.2 Å². The number of ether oxygens (including phenoxy) is 1. The van der Waals surface area contributed by atoms with Crippen molar-refractivity contribution in [3.05, 3.63) is 88.9 Å². The van der Waals surface area contributed by atoms with Gasteiger partial charge in [-0.05, 0) is 52.4 Å². The summed E-state index contributed by atoms with van der Waals surface area (Å²) in [6.45, 7) is 4.69. The third-order valence-electron chi connectivity index (χ3n) is 5.59. The number of fused-ring (bicyclic) bond motifs is 1. The van der Waals surface area contributed by atoms with Crippen molar-refractivity contribution in [2.45, 2.75) is 6.54 Å². The first-order valence-electron chi connectivity index (χ1n) is 10.7. The lowest BCUT2D eigenvalue weighted by atomic mass is 10.1. The first kappa shape index (κ1) is 19.5. The molecule has 1 aliphatic rings. The van der Waals surface area contributed by atoms with Gasteiger partial charge in [-0.3, -0.25) is 10.00 Å². The van der Waals surface area contributed by atoms with Crippen LogP contribution < -0.4 is 0 Å². The minimum atomic E-state index is 0.837. The Hall–Kier alpha value is -3.41. The Bertz CT molecular complexity index is 1190. The van der Waals surface area contributed by atoms with Crippen LogP contribution in [0.1, 0.15) is 28.1 Å². The molecule has 2 N–H and O–H groups in total. The van der Waals surface area contributed by atoms with Gasteiger partial charge in [0.2, 0.25) is 0 Å². The average molecular weight is 411 g/mol. The van der Waals surface area contributed by atoms with Gasteiger partial charge in [0.1, 0.15) is 0 Å². The highest BCUT2D eigenvalue weighted by Gasteiger charge is 2.10. The van der Waals surface area contributed by atoms with Crippen molar-refractivity contribution in [1.29, 1.82) is 0 Å². The molecule has 5 rings (SSSR count).